The predicted molar refractivity (Wildman–Crippen MR) is 88.3 cm³/mol. The number of nitrogens with zero attached hydrogens (tertiary/aromatic N) is 1. The lowest BCUT2D eigenvalue weighted by atomic mass is 9.99. The number of hydrogen-bond acceptors (Lipinski definition) is 4. The van der Waals surface area contributed by atoms with Gasteiger partial charge >= 0.3 is 0 Å². The summed E-state index contributed by atoms with van der Waals surface area (Å²) in [6, 6.07) is 1.36. The quantitative estimate of drug-likeness (QED) is 0.529. The van der Waals surface area contributed by atoms with Crippen LogP contribution in [0.25, 0.3) is 0 Å². The van der Waals surface area contributed by atoms with Gasteiger partial charge in [-0.15, -0.1) is 0 Å². The number of likely N-dealkylation sites (N-methyl/N-ethyl adjacent to an activating group) is 2. The molecular weight excluding hydrogens is 248 g/mol. The fraction of sp³-hybridized carbons (Fsp3) is 1.00. The van der Waals surface area contributed by atoms with E-state index in [9.17, 15) is 0 Å². The normalized spacial score (nSPS) is 23.7. The Kier molecular flexibility index (Phi) is 9.44. The molecule has 0 aromatic rings. The number of unbranched alkanes of at least 4 members (excludes halogenated alkanes) is 1. The van der Waals surface area contributed by atoms with Crippen LogP contribution in [0, 0.1) is 5.92 Å². The molecular formula is C16H36N4. The van der Waals surface area contributed by atoms with Crippen LogP contribution >= 0.6 is 0 Å². The van der Waals surface area contributed by atoms with E-state index >= 15 is 0 Å². The summed E-state index contributed by atoms with van der Waals surface area (Å²) in [6.07, 6.45) is 5.24. The Balaban J connectivity index is 1.98. The molecule has 0 saturated carbocycles. The standard InChI is InChI=1S/C16H36N4/c1-14(2)11-16-13-18-15(12-19-16)7-5-6-9-20(4)10-8-17-3/h14-19H,5-13H2,1-4H3/t15-,16+/m0/s1. The summed E-state index contributed by atoms with van der Waals surface area (Å²) in [7, 11) is 4.23. The number of piperazine rings is 1. The van der Waals surface area contributed by atoms with E-state index in [0.29, 0.717) is 12.1 Å². The van der Waals surface area contributed by atoms with Crippen LogP contribution in [0.2, 0.25) is 0 Å². The van der Waals surface area contributed by atoms with Gasteiger partial charge in [0.05, 0.1) is 0 Å². The van der Waals surface area contributed by atoms with Gasteiger partial charge < -0.3 is 20.9 Å². The van der Waals surface area contributed by atoms with Crippen LogP contribution in [0.5, 0.6) is 0 Å². The van der Waals surface area contributed by atoms with Crippen LogP contribution in [0.15, 0.2) is 0 Å². The Morgan fingerprint density at radius 1 is 1.10 bits per heavy atom. The van der Waals surface area contributed by atoms with Gasteiger partial charge in [-0.1, -0.05) is 20.3 Å². The molecule has 0 amide bonds. The molecule has 0 unspecified atom stereocenters. The van der Waals surface area contributed by atoms with Crippen LogP contribution in [0.4, 0.5) is 0 Å². The summed E-state index contributed by atoms with van der Waals surface area (Å²) in [5, 5.41) is 10.6. The summed E-state index contributed by atoms with van der Waals surface area (Å²) in [4.78, 5) is 2.42. The van der Waals surface area contributed by atoms with Gasteiger partial charge in [0.1, 0.15) is 0 Å². The number of nitrogens with one attached hydrogen (secondary N) is 3. The summed E-state index contributed by atoms with van der Waals surface area (Å²) in [6.45, 7) is 10.4. The fourth-order valence-electron chi connectivity index (χ4n) is 2.89. The zero-order valence-electron chi connectivity index (χ0n) is 14.0. The minimum Gasteiger partial charge on any atom is -0.318 e. The molecule has 1 aliphatic rings. The zero-order valence-corrected chi connectivity index (χ0v) is 14.0. The molecule has 0 spiro atoms. The van der Waals surface area contributed by atoms with Crippen molar-refractivity contribution in [3.63, 3.8) is 0 Å². The lowest BCUT2D eigenvalue weighted by Crippen LogP contribution is -2.54. The van der Waals surface area contributed by atoms with Crippen molar-refractivity contribution >= 4 is 0 Å². The van der Waals surface area contributed by atoms with Crippen LogP contribution in [-0.4, -0.2) is 63.8 Å². The maximum absolute atomic E-state index is 3.71. The van der Waals surface area contributed by atoms with Crippen molar-refractivity contribution in [1.82, 2.24) is 20.9 Å². The van der Waals surface area contributed by atoms with Crippen molar-refractivity contribution in [3.8, 4) is 0 Å². The summed E-state index contributed by atoms with van der Waals surface area (Å²) >= 11 is 0. The second-order valence-electron chi connectivity index (χ2n) is 6.74. The highest BCUT2D eigenvalue weighted by molar-refractivity contribution is 4.83. The Bertz CT molecular complexity index is 225. The number of hydrogen-bond donors (Lipinski definition) is 3. The van der Waals surface area contributed by atoms with E-state index in [0.717, 1.165) is 32.1 Å². The van der Waals surface area contributed by atoms with E-state index in [1.807, 2.05) is 7.05 Å². The van der Waals surface area contributed by atoms with Crippen LogP contribution in [-0.2, 0) is 0 Å². The molecule has 3 N–H and O–H groups in total. The highest BCUT2D eigenvalue weighted by Gasteiger charge is 2.19. The second kappa shape index (κ2) is 10.6. The van der Waals surface area contributed by atoms with Crippen LogP contribution in [0.1, 0.15) is 39.5 Å². The van der Waals surface area contributed by atoms with E-state index in [4.69, 9.17) is 0 Å². The van der Waals surface area contributed by atoms with E-state index in [-0.39, 0.29) is 0 Å². The van der Waals surface area contributed by atoms with E-state index < -0.39 is 0 Å². The Morgan fingerprint density at radius 2 is 1.80 bits per heavy atom. The Labute approximate surface area is 126 Å². The largest absolute Gasteiger partial charge is 0.318 e. The Morgan fingerprint density at radius 3 is 2.40 bits per heavy atom. The first kappa shape index (κ1) is 17.9. The minimum absolute atomic E-state index is 0.680. The van der Waals surface area contributed by atoms with Crippen LogP contribution in [0.3, 0.4) is 0 Å². The van der Waals surface area contributed by atoms with Gasteiger partial charge in [-0.05, 0) is 45.8 Å². The molecule has 120 valence electrons. The maximum atomic E-state index is 3.71. The molecule has 0 bridgehead atoms. The van der Waals surface area contributed by atoms with E-state index in [2.05, 4.69) is 41.7 Å². The van der Waals surface area contributed by atoms with Gasteiger partial charge in [0.2, 0.25) is 0 Å². The van der Waals surface area contributed by atoms with Gasteiger partial charge in [-0.3, -0.25) is 0 Å². The molecule has 0 aliphatic carbocycles. The highest BCUT2D eigenvalue weighted by Crippen LogP contribution is 2.09. The van der Waals surface area contributed by atoms with Crippen molar-refractivity contribution in [1.29, 1.82) is 0 Å². The van der Waals surface area contributed by atoms with E-state index in [1.165, 1.54) is 32.2 Å². The fourth-order valence-corrected chi connectivity index (χ4v) is 2.89. The third kappa shape index (κ3) is 8.20. The summed E-state index contributed by atoms with van der Waals surface area (Å²) < 4.78 is 0. The van der Waals surface area contributed by atoms with Gasteiger partial charge in [0, 0.05) is 38.3 Å². The lowest BCUT2D eigenvalue weighted by molar-refractivity contribution is 0.288. The van der Waals surface area contributed by atoms with Crippen molar-refractivity contribution in [2.75, 3.05) is 46.8 Å². The molecule has 2 atom stereocenters. The molecule has 0 aromatic carbocycles. The van der Waals surface area contributed by atoms with E-state index in [1.54, 1.807) is 0 Å². The topological polar surface area (TPSA) is 39.3 Å². The Hall–Kier alpha value is -0.160. The van der Waals surface area contributed by atoms with Crippen LogP contribution < -0.4 is 16.0 Å². The molecule has 20 heavy (non-hydrogen) atoms. The van der Waals surface area contributed by atoms with Crippen molar-refractivity contribution in [2.45, 2.75) is 51.6 Å². The molecule has 1 aliphatic heterocycles. The van der Waals surface area contributed by atoms with Gasteiger partial charge in [-0.25, -0.2) is 0 Å². The first-order valence-corrected chi connectivity index (χ1v) is 8.41. The summed E-state index contributed by atoms with van der Waals surface area (Å²) in [5.74, 6) is 0.791. The first-order valence-electron chi connectivity index (χ1n) is 8.41. The monoisotopic (exact) mass is 284 g/mol. The SMILES string of the molecule is CNCCN(C)CCCC[C@H]1CN[C@H](CC(C)C)CN1. The first-order chi connectivity index (χ1) is 9.61. The van der Waals surface area contributed by atoms with Gasteiger partial charge in [0.15, 0.2) is 0 Å². The third-order valence-corrected chi connectivity index (χ3v) is 4.15. The van der Waals surface area contributed by atoms with Crippen molar-refractivity contribution in [2.24, 2.45) is 5.92 Å². The number of rotatable bonds is 10. The van der Waals surface area contributed by atoms with Crippen molar-refractivity contribution in [3.05, 3.63) is 0 Å². The average Bonchev–Trinajstić information content (AvgIpc) is 2.42. The van der Waals surface area contributed by atoms with Gasteiger partial charge in [0.25, 0.3) is 0 Å². The molecule has 4 heteroatoms. The summed E-state index contributed by atoms with van der Waals surface area (Å²) in [5.41, 5.74) is 0. The average molecular weight is 284 g/mol. The lowest BCUT2D eigenvalue weighted by Gasteiger charge is -2.32. The molecule has 0 aromatic heterocycles. The van der Waals surface area contributed by atoms with Crippen molar-refractivity contribution < 1.29 is 0 Å². The predicted octanol–water partition coefficient (Wildman–Crippen LogP) is 1.28. The minimum atomic E-state index is 0.680. The third-order valence-electron chi connectivity index (χ3n) is 4.15. The highest BCUT2D eigenvalue weighted by atomic mass is 15.1. The molecule has 1 rings (SSSR count). The molecule has 1 fully saturated rings. The smallest absolute Gasteiger partial charge is 0.0195 e. The molecule has 0 radical (unpaired) electrons. The molecule has 4 nitrogen and oxygen atoms in total. The molecule has 1 heterocycles. The van der Waals surface area contributed by atoms with Gasteiger partial charge in [-0.2, -0.15) is 0 Å². The zero-order chi connectivity index (χ0) is 14.8. The second-order valence-corrected chi connectivity index (χ2v) is 6.74. The maximum Gasteiger partial charge on any atom is 0.0195 e. The molecule has 1 saturated heterocycles.